The average molecular weight is 243 g/mol. The van der Waals surface area contributed by atoms with Crippen molar-refractivity contribution in [2.24, 2.45) is 0 Å². The highest BCUT2D eigenvalue weighted by Crippen LogP contribution is 2.13. The van der Waals surface area contributed by atoms with Crippen LogP contribution in [0.2, 0.25) is 0 Å². The van der Waals surface area contributed by atoms with Gasteiger partial charge in [-0.25, -0.2) is 0 Å². The van der Waals surface area contributed by atoms with E-state index in [1.54, 1.807) is 23.9 Å². The zero-order valence-corrected chi connectivity index (χ0v) is 9.67. The molecular formula is C10H13NO4S. The molecule has 0 spiro atoms. The fourth-order valence-corrected chi connectivity index (χ4v) is 1.53. The van der Waals surface area contributed by atoms with Crippen molar-refractivity contribution in [1.29, 1.82) is 0 Å². The Bertz CT molecular complexity index is 375. The van der Waals surface area contributed by atoms with E-state index in [-0.39, 0.29) is 24.6 Å². The lowest BCUT2D eigenvalue weighted by atomic mass is 10.4. The maximum atomic E-state index is 11.4. The van der Waals surface area contributed by atoms with E-state index in [1.807, 2.05) is 6.26 Å². The number of hydrogen-bond acceptors (Lipinski definition) is 4. The highest BCUT2D eigenvalue weighted by atomic mass is 32.2. The summed E-state index contributed by atoms with van der Waals surface area (Å²) in [6.45, 7) is 0.104. The molecular weight excluding hydrogens is 230 g/mol. The molecule has 1 aromatic rings. The molecule has 5 nitrogen and oxygen atoms in total. The van der Waals surface area contributed by atoms with Crippen molar-refractivity contribution in [2.75, 3.05) is 12.8 Å². The van der Waals surface area contributed by atoms with E-state index in [0.29, 0.717) is 5.75 Å². The number of carboxylic acid groups (broad SMARTS) is 1. The number of thioether (sulfide) groups is 1. The molecule has 0 bridgehead atoms. The van der Waals surface area contributed by atoms with Gasteiger partial charge in [0.2, 0.25) is 0 Å². The molecule has 0 aliphatic heterocycles. The predicted molar refractivity (Wildman–Crippen MR) is 60.5 cm³/mol. The molecule has 1 heterocycles. The SMILES string of the molecule is CSCc1ccc(C(=O)NCCC(=O)O)o1. The zero-order chi connectivity index (χ0) is 12.0. The Morgan fingerprint density at radius 1 is 1.50 bits per heavy atom. The summed E-state index contributed by atoms with van der Waals surface area (Å²) in [6.07, 6.45) is 1.85. The second-order valence-corrected chi connectivity index (χ2v) is 3.96. The Kier molecular flexibility index (Phi) is 4.91. The van der Waals surface area contributed by atoms with E-state index in [4.69, 9.17) is 9.52 Å². The lowest BCUT2D eigenvalue weighted by Gasteiger charge is -1.99. The van der Waals surface area contributed by atoms with Gasteiger partial charge in [-0.05, 0) is 18.4 Å². The van der Waals surface area contributed by atoms with Crippen LogP contribution in [0, 0.1) is 0 Å². The van der Waals surface area contributed by atoms with Crippen LogP contribution >= 0.6 is 11.8 Å². The minimum absolute atomic E-state index is 0.0931. The number of carboxylic acids is 1. The monoisotopic (exact) mass is 243 g/mol. The fraction of sp³-hybridized carbons (Fsp3) is 0.400. The van der Waals surface area contributed by atoms with Crippen molar-refractivity contribution < 1.29 is 19.1 Å². The molecule has 0 aromatic carbocycles. The maximum absolute atomic E-state index is 11.4. The van der Waals surface area contributed by atoms with Gasteiger partial charge in [-0.1, -0.05) is 0 Å². The maximum Gasteiger partial charge on any atom is 0.305 e. The lowest BCUT2D eigenvalue weighted by molar-refractivity contribution is -0.136. The first-order chi connectivity index (χ1) is 7.63. The number of carbonyl (C=O) groups is 2. The van der Waals surface area contributed by atoms with Crippen molar-refractivity contribution in [1.82, 2.24) is 5.32 Å². The van der Waals surface area contributed by atoms with Crippen LogP contribution in [0.1, 0.15) is 22.7 Å². The number of hydrogen-bond donors (Lipinski definition) is 2. The van der Waals surface area contributed by atoms with Gasteiger partial charge in [-0.15, -0.1) is 0 Å². The van der Waals surface area contributed by atoms with Crippen LogP contribution in [0.4, 0.5) is 0 Å². The summed E-state index contributed by atoms with van der Waals surface area (Å²) in [6, 6.07) is 3.32. The van der Waals surface area contributed by atoms with E-state index in [2.05, 4.69) is 5.32 Å². The summed E-state index contributed by atoms with van der Waals surface area (Å²) >= 11 is 1.60. The Morgan fingerprint density at radius 3 is 2.88 bits per heavy atom. The third kappa shape index (κ3) is 3.98. The molecule has 0 aliphatic rings. The average Bonchev–Trinajstić information content (AvgIpc) is 2.66. The molecule has 6 heteroatoms. The van der Waals surface area contributed by atoms with Gasteiger partial charge in [0.25, 0.3) is 5.91 Å². The highest BCUT2D eigenvalue weighted by molar-refractivity contribution is 7.97. The van der Waals surface area contributed by atoms with E-state index in [1.165, 1.54) is 0 Å². The summed E-state index contributed by atoms with van der Waals surface area (Å²) in [5.74, 6) is 0.337. The van der Waals surface area contributed by atoms with E-state index < -0.39 is 5.97 Å². The molecule has 1 rings (SSSR count). The number of furan rings is 1. The number of nitrogens with one attached hydrogen (secondary N) is 1. The molecule has 0 saturated carbocycles. The van der Waals surface area contributed by atoms with Crippen molar-refractivity contribution >= 4 is 23.6 Å². The molecule has 16 heavy (non-hydrogen) atoms. The van der Waals surface area contributed by atoms with Crippen molar-refractivity contribution in [2.45, 2.75) is 12.2 Å². The van der Waals surface area contributed by atoms with Gasteiger partial charge in [0.05, 0.1) is 12.2 Å². The lowest BCUT2D eigenvalue weighted by Crippen LogP contribution is -2.25. The van der Waals surface area contributed by atoms with Crippen LogP contribution in [0.3, 0.4) is 0 Å². The largest absolute Gasteiger partial charge is 0.481 e. The molecule has 0 atom stereocenters. The van der Waals surface area contributed by atoms with Crippen LogP contribution in [0.25, 0.3) is 0 Å². The summed E-state index contributed by atoms with van der Waals surface area (Å²) in [4.78, 5) is 21.7. The molecule has 88 valence electrons. The zero-order valence-electron chi connectivity index (χ0n) is 8.86. The Balaban J connectivity index is 2.43. The van der Waals surface area contributed by atoms with Crippen molar-refractivity contribution in [3.8, 4) is 0 Å². The summed E-state index contributed by atoms with van der Waals surface area (Å²) in [7, 11) is 0. The second kappa shape index (κ2) is 6.22. The number of carbonyl (C=O) groups excluding carboxylic acids is 1. The minimum atomic E-state index is -0.942. The Morgan fingerprint density at radius 2 is 2.25 bits per heavy atom. The Hall–Kier alpha value is -1.43. The smallest absolute Gasteiger partial charge is 0.305 e. The first-order valence-corrected chi connectivity index (χ1v) is 6.10. The normalized spacial score (nSPS) is 10.1. The molecule has 0 unspecified atom stereocenters. The quantitative estimate of drug-likeness (QED) is 0.788. The Labute approximate surface area is 97.2 Å². The molecule has 1 aromatic heterocycles. The van der Waals surface area contributed by atoms with Crippen LogP contribution in [-0.4, -0.2) is 29.8 Å². The molecule has 0 saturated heterocycles. The van der Waals surface area contributed by atoms with E-state index in [9.17, 15) is 9.59 Å². The fourth-order valence-electron chi connectivity index (χ4n) is 1.09. The highest BCUT2D eigenvalue weighted by Gasteiger charge is 2.10. The molecule has 0 radical (unpaired) electrons. The van der Waals surface area contributed by atoms with Crippen LogP contribution in [-0.2, 0) is 10.5 Å². The van der Waals surface area contributed by atoms with E-state index in [0.717, 1.165) is 5.76 Å². The molecule has 0 fully saturated rings. The third-order valence-electron chi connectivity index (χ3n) is 1.80. The van der Waals surface area contributed by atoms with Crippen molar-refractivity contribution in [3.05, 3.63) is 23.7 Å². The van der Waals surface area contributed by atoms with E-state index >= 15 is 0 Å². The summed E-state index contributed by atoms with van der Waals surface area (Å²) < 4.78 is 5.26. The van der Waals surface area contributed by atoms with Crippen LogP contribution < -0.4 is 5.32 Å². The van der Waals surface area contributed by atoms with Gasteiger partial charge in [0.1, 0.15) is 5.76 Å². The van der Waals surface area contributed by atoms with Gasteiger partial charge in [0, 0.05) is 6.54 Å². The molecule has 0 aliphatic carbocycles. The number of rotatable bonds is 6. The molecule has 2 N–H and O–H groups in total. The van der Waals surface area contributed by atoms with Crippen LogP contribution in [0.15, 0.2) is 16.5 Å². The van der Waals surface area contributed by atoms with Crippen molar-refractivity contribution in [3.63, 3.8) is 0 Å². The van der Waals surface area contributed by atoms with Gasteiger partial charge < -0.3 is 14.8 Å². The number of aliphatic carboxylic acids is 1. The van der Waals surface area contributed by atoms with Gasteiger partial charge in [-0.2, -0.15) is 11.8 Å². The topological polar surface area (TPSA) is 79.5 Å². The standard InChI is InChI=1S/C10H13NO4S/c1-16-6-7-2-3-8(15-7)10(14)11-5-4-9(12)13/h2-3H,4-6H2,1H3,(H,11,14)(H,12,13). The predicted octanol–water partition coefficient (Wildman–Crippen LogP) is 1.35. The van der Waals surface area contributed by atoms with Crippen LogP contribution in [0.5, 0.6) is 0 Å². The first kappa shape index (κ1) is 12.6. The third-order valence-corrected chi connectivity index (χ3v) is 2.37. The first-order valence-electron chi connectivity index (χ1n) is 4.71. The summed E-state index contributed by atoms with van der Waals surface area (Å²) in [5.41, 5.74) is 0. The summed E-state index contributed by atoms with van der Waals surface area (Å²) in [5, 5.41) is 10.9. The molecule has 1 amide bonds. The minimum Gasteiger partial charge on any atom is -0.481 e. The van der Waals surface area contributed by atoms with Gasteiger partial charge in [0.15, 0.2) is 5.76 Å². The van der Waals surface area contributed by atoms with Gasteiger partial charge >= 0.3 is 5.97 Å². The number of amides is 1. The van der Waals surface area contributed by atoms with Gasteiger partial charge in [-0.3, -0.25) is 9.59 Å². The second-order valence-electron chi connectivity index (χ2n) is 3.10.